The Labute approximate surface area is 84.5 Å². The van der Waals surface area contributed by atoms with Gasteiger partial charge >= 0.3 is 11.9 Å². The van der Waals surface area contributed by atoms with Gasteiger partial charge < -0.3 is 0 Å². The van der Waals surface area contributed by atoms with E-state index in [4.69, 9.17) is 0 Å². The average molecular weight is 202 g/mol. The molecule has 0 aromatic rings. The number of carbonyl (C=O) groups excluding carboxylic acids is 2. The SMILES string of the molecule is CCC(C)C(=O)OOC(=O)C(C)(C)C. The van der Waals surface area contributed by atoms with E-state index < -0.39 is 17.4 Å². The smallest absolute Gasteiger partial charge is 0.247 e. The fraction of sp³-hybridized carbons (Fsp3) is 0.800. The molecule has 0 N–H and O–H groups in total. The minimum Gasteiger partial charge on any atom is -0.247 e. The van der Waals surface area contributed by atoms with Crippen LogP contribution in [0.25, 0.3) is 0 Å². The van der Waals surface area contributed by atoms with Crippen LogP contribution in [-0.4, -0.2) is 11.9 Å². The van der Waals surface area contributed by atoms with Crippen molar-refractivity contribution in [3.05, 3.63) is 0 Å². The Morgan fingerprint density at radius 3 is 2.07 bits per heavy atom. The highest BCUT2D eigenvalue weighted by Crippen LogP contribution is 2.15. The van der Waals surface area contributed by atoms with Crippen molar-refractivity contribution >= 4 is 11.9 Å². The molecule has 0 amide bonds. The summed E-state index contributed by atoms with van der Waals surface area (Å²) in [7, 11) is 0. The minimum absolute atomic E-state index is 0.247. The van der Waals surface area contributed by atoms with Gasteiger partial charge in [-0.15, -0.1) is 0 Å². The normalized spacial score (nSPS) is 13.2. The van der Waals surface area contributed by atoms with Crippen molar-refractivity contribution in [3.63, 3.8) is 0 Å². The molecule has 0 bridgehead atoms. The molecule has 0 aromatic heterocycles. The molecule has 0 saturated heterocycles. The Kier molecular flexibility index (Phi) is 4.60. The van der Waals surface area contributed by atoms with Gasteiger partial charge in [-0.2, -0.15) is 0 Å². The molecule has 0 spiro atoms. The largest absolute Gasteiger partial charge is 0.360 e. The van der Waals surface area contributed by atoms with Crippen molar-refractivity contribution in [1.82, 2.24) is 0 Å². The standard InChI is InChI=1S/C10H18O4/c1-6-7(2)8(11)13-14-9(12)10(3,4)5/h7H,6H2,1-5H3. The quantitative estimate of drug-likeness (QED) is 0.508. The lowest BCUT2D eigenvalue weighted by atomic mass is 9.98. The van der Waals surface area contributed by atoms with Gasteiger partial charge in [0.2, 0.25) is 0 Å². The Bertz CT molecular complexity index is 215. The summed E-state index contributed by atoms with van der Waals surface area (Å²) in [6.45, 7) is 8.63. The third-order valence-electron chi connectivity index (χ3n) is 1.83. The number of rotatable bonds is 2. The molecule has 4 heteroatoms. The molecule has 82 valence electrons. The monoisotopic (exact) mass is 202 g/mol. The molecule has 0 aliphatic heterocycles. The number of hydrogen-bond donors (Lipinski definition) is 0. The Balaban J connectivity index is 3.96. The van der Waals surface area contributed by atoms with Crippen LogP contribution in [0.15, 0.2) is 0 Å². The Morgan fingerprint density at radius 2 is 1.71 bits per heavy atom. The molecule has 0 aliphatic rings. The van der Waals surface area contributed by atoms with E-state index in [1.807, 2.05) is 6.92 Å². The summed E-state index contributed by atoms with van der Waals surface area (Å²) in [6, 6.07) is 0. The van der Waals surface area contributed by atoms with E-state index in [9.17, 15) is 9.59 Å². The molecule has 0 radical (unpaired) electrons. The van der Waals surface area contributed by atoms with Crippen LogP contribution in [0.4, 0.5) is 0 Å². The van der Waals surface area contributed by atoms with Crippen LogP contribution in [-0.2, 0) is 19.4 Å². The van der Waals surface area contributed by atoms with Crippen LogP contribution < -0.4 is 0 Å². The second-order valence-electron chi connectivity index (χ2n) is 4.33. The molecule has 0 aromatic carbocycles. The molecular weight excluding hydrogens is 184 g/mol. The summed E-state index contributed by atoms with van der Waals surface area (Å²) in [5, 5.41) is 0. The predicted molar refractivity (Wildman–Crippen MR) is 51.1 cm³/mol. The highest BCUT2D eigenvalue weighted by molar-refractivity contribution is 5.77. The average Bonchev–Trinajstić information content (AvgIpc) is 2.10. The third kappa shape index (κ3) is 4.25. The van der Waals surface area contributed by atoms with Crippen molar-refractivity contribution in [2.45, 2.75) is 41.0 Å². The fourth-order valence-corrected chi connectivity index (χ4v) is 0.453. The Morgan fingerprint density at radius 1 is 1.21 bits per heavy atom. The molecule has 0 heterocycles. The van der Waals surface area contributed by atoms with Gasteiger partial charge in [-0.1, -0.05) is 13.8 Å². The van der Waals surface area contributed by atoms with Crippen LogP contribution >= 0.6 is 0 Å². The zero-order valence-electron chi connectivity index (χ0n) is 9.42. The first kappa shape index (κ1) is 12.9. The van der Waals surface area contributed by atoms with Gasteiger partial charge in [0.15, 0.2) is 0 Å². The lowest BCUT2D eigenvalue weighted by Gasteiger charge is -2.15. The fourth-order valence-electron chi connectivity index (χ4n) is 0.453. The van der Waals surface area contributed by atoms with E-state index in [1.54, 1.807) is 27.7 Å². The molecule has 1 unspecified atom stereocenters. The van der Waals surface area contributed by atoms with Crippen molar-refractivity contribution in [2.75, 3.05) is 0 Å². The van der Waals surface area contributed by atoms with E-state index in [0.29, 0.717) is 6.42 Å². The van der Waals surface area contributed by atoms with Crippen molar-refractivity contribution in [1.29, 1.82) is 0 Å². The van der Waals surface area contributed by atoms with Gasteiger partial charge in [-0.3, -0.25) is 0 Å². The summed E-state index contributed by atoms with van der Waals surface area (Å²) in [5.74, 6) is -1.30. The van der Waals surface area contributed by atoms with Crippen molar-refractivity contribution in [2.24, 2.45) is 11.3 Å². The number of hydrogen-bond acceptors (Lipinski definition) is 4. The Hall–Kier alpha value is -1.06. The zero-order valence-corrected chi connectivity index (χ0v) is 9.42. The highest BCUT2D eigenvalue weighted by Gasteiger charge is 2.26. The van der Waals surface area contributed by atoms with Crippen LogP contribution in [0.3, 0.4) is 0 Å². The van der Waals surface area contributed by atoms with E-state index in [1.165, 1.54) is 0 Å². The molecule has 0 aliphatic carbocycles. The maximum atomic E-state index is 11.2. The van der Waals surface area contributed by atoms with E-state index in [2.05, 4.69) is 9.78 Å². The summed E-state index contributed by atoms with van der Waals surface area (Å²) in [5.41, 5.74) is -0.657. The summed E-state index contributed by atoms with van der Waals surface area (Å²) in [4.78, 5) is 31.1. The molecule has 0 fully saturated rings. The van der Waals surface area contributed by atoms with E-state index in [0.717, 1.165) is 0 Å². The third-order valence-corrected chi connectivity index (χ3v) is 1.83. The molecule has 14 heavy (non-hydrogen) atoms. The van der Waals surface area contributed by atoms with Gasteiger partial charge in [-0.25, -0.2) is 19.4 Å². The first-order valence-electron chi connectivity index (χ1n) is 4.71. The van der Waals surface area contributed by atoms with Gasteiger partial charge in [0.1, 0.15) is 0 Å². The summed E-state index contributed by atoms with van der Waals surface area (Å²) >= 11 is 0. The van der Waals surface area contributed by atoms with Crippen LogP contribution in [0.2, 0.25) is 0 Å². The summed E-state index contributed by atoms with van der Waals surface area (Å²) in [6.07, 6.45) is 0.659. The summed E-state index contributed by atoms with van der Waals surface area (Å²) < 4.78 is 0. The minimum atomic E-state index is -0.657. The van der Waals surface area contributed by atoms with Crippen molar-refractivity contribution < 1.29 is 19.4 Å². The molecule has 1 atom stereocenters. The second kappa shape index (κ2) is 4.98. The zero-order chi connectivity index (χ0) is 11.4. The molecule has 0 rings (SSSR count). The highest BCUT2D eigenvalue weighted by atomic mass is 17.2. The van der Waals surface area contributed by atoms with Gasteiger partial charge in [-0.05, 0) is 27.2 Å². The second-order valence-corrected chi connectivity index (χ2v) is 4.33. The lowest BCUT2D eigenvalue weighted by molar-refractivity contribution is -0.267. The first-order valence-corrected chi connectivity index (χ1v) is 4.71. The molecule has 0 saturated carbocycles. The number of carbonyl (C=O) groups is 2. The van der Waals surface area contributed by atoms with Crippen LogP contribution in [0.5, 0.6) is 0 Å². The van der Waals surface area contributed by atoms with Crippen molar-refractivity contribution in [3.8, 4) is 0 Å². The van der Waals surface area contributed by atoms with E-state index in [-0.39, 0.29) is 5.92 Å². The molecular formula is C10H18O4. The van der Waals surface area contributed by atoms with Crippen LogP contribution in [0.1, 0.15) is 41.0 Å². The van der Waals surface area contributed by atoms with Crippen LogP contribution in [0, 0.1) is 11.3 Å². The maximum Gasteiger partial charge on any atom is 0.360 e. The molecule has 4 nitrogen and oxygen atoms in total. The van der Waals surface area contributed by atoms with Gasteiger partial charge in [0.05, 0.1) is 11.3 Å². The van der Waals surface area contributed by atoms with Gasteiger partial charge in [0, 0.05) is 0 Å². The maximum absolute atomic E-state index is 11.2. The van der Waals surface area contributed by atoms with E-state index >= 15 is 0 Å². The first-order chi connectivity index (χ1) is 6.29. The predicted octanol–water partition coefficient (Wildman–Crippen LogP) is 2.08. The van der Waals surface area contributed by atoms with Gasteiger partial charge in [0.25, 0.3) is 0 Å². The topological polar surface area (TPSA) is 52.6 Å². The lowest BCUT2D eigenvalue weighted by Crippen LogP contribution is -2.25.